The number of carbonyl (C=O) groups excluding carboxylic acids is 2. The molecule has 0 spiro atoms. The predicted octanol–water partition coefficient (Wildman–Crippen LogP) is 0.902. The lowest BCUT2D eigenvalue weighted by atomic mass is 9.21. The van der Waals surface area contributed by atoms with E-state index in [4.69, 9.17) is 0 Å². The van der Waals surface area contributed by atoms with Crippen molar-refractivity contribution in [3.05, 3.63) is 0 Å². The second kappa shape index (κ2) is 1.62. The van der Waals surface area contributed by atoms with Crippen LogP contribution in [0.4, 0.5) is 0 Å². The zero-order chi connectivity index (χ0) is 9.19. The Morgan fingerprint density at radius 2 is 1.14 bits per heavy atom. The third-order valence-electron chi connectivity index (χ3n) is 6.15. The second-order valence-corrected chi connectivity index (χ2v) is 6.03. The predicted molar refractivity (Wildman–Crippen MR) is 47.2 cm³/mol. The third kappa shape index (κ3) is 0.396. The number of hydrogen-bond acceptors (Lipinski definition) is 2. The van der Waals surface area contributed by atoms with Crippen molar-refractivity contribution in [1.29, 1.82) is 0 Å². The van der Waals surface area contributed by atoms with E-state index < -0.39 is 0 Å². The van der Waals surface area contributed by atoms with Gasteiger partial charge >= 0.3 is 0 Å². The normalized spacial score (nSPS) is 70.6. The zero-order valence-electron chi connectivity index (χ0n) is 7.85. The fourth-order valence-electron chi connectivity index (χ4n) is 6.02. The van der Waals surface area contributed by atoms with Crippen molar-refractivity contribution >= 4 is 11.6 Å². The first kappa shape index (κ1) is 6.76. The van der Waals surface area contributed by atoms with Crippen molar-refractivity contribution in [2.24, 2.45) is 47.3 Å². The van der Waals surface area contributed by atoms with E-state index in [2.05, 4.69) is 0 Å². The van der Waals surface area contributed by atoms with Gasteiger partial charge in [-0.1, -0.05) is 0 Å². The van der Waals surface area contributed by atoms with Crippen LogP contribution in [0.1, 0.15) is 12.8 Å². The molecule has 14 heavy (non-hydrogen) atoms. The van der Waals surface area contributed by atoms with E-state index in [1.807, 2.05) is 0 Å². The lowest BCUT2D eigenvalue weighted by Gasteiger charge is -2.81. The molecular weight excluding hydrogens is 176 g/mol. The number of Topliss-reactive ketones (excluding diaryl/α,β-unsaturated/α-hetero) is 2. The maximum absolute atomic E-state index is 11.7. The van der Waals surface area contributed by atoms with E-state index in [1.165, 1.54) is 0 Å². The molecule has 2 heteroatoms. The Morgan fingerprint density at radius 3 is 1.50 bits per heavy atom. The summed E-state index contributed by atoms with van der Waals surface area (Å²) >= 11 is 0. The van der Waals surface area contributed by atoms with Gasteiger partial charge in [0.15, 0.2) is 0 Å². The van der Waals surface area contributed by atoms with E-state index in [9.17, 15) is 9.59 Å². The minimum Gasteiger partial charge on any atom is -0.299 e. The molecule has 0 N–H and O–H groups in total. The van der Waals surface area contributed by atoms with Crippen LogP contribution in [0.2, 0.25) is 0 Å². The van der Waals surface area contributed by atoms with Gasteiger partial charge in [-0.2, -0.15) is 0 Å². The molecule has 72 valence electrons. The van der Waals surface area contributed by atoms with Crippen LogP contribution < -0.4 is 0 Å². The number of ketones is 2. The lowest BCUT2D eigenvalue weighted by Crippen LogP contribution is -2.82. The Morgan fingerprint density at radius 1 is 0.714 bits per heavy atom. The maximum Gasteiger partial charge on any atom is 0.136 e. The molecule has 0 amide bonds. The molecule has 9 rings (SSSR count). The Balaban J connectivity index is 1.74. The molecule has 9 saturated carbocycles. The van der Waals surface area contributed by atoms with Crippen LogP contribution in [-0.2, 0) is 9.59 Å². The van der Waals surface area contributed by atoms with Gasteiger partial charge in [-0.25, -0.2) is 0 Å². The summed E-state index contributed by atoms with van der Waals surface area (Å²) in [5, 5.41) is 0. The van der Waals surface area contributed by atoms with Crippen molar-refractivity contribution in [3.63, 3.8) is 0 Å². The van der Waals surface area contributed by atoms with E-state index >= 15 is 0 Å². The standard InChI is InChI=1S/C12H12O2/c13-5-1-3-4-2-6(14)10-7(3)11-9(5)8(4)12(10)11/h3-4,7-12H,1-2H2. The highest BCUT2D eigenvalue weighted by Gasteiger charge is 2.82. The van der Waals surface area contributed by atoms with Crippen LogP contribution in [0.3, 0.4) is 0 Å². The highest BCUT2D eigenvalue weighted by molar-refractivity contribution is 5.93. The van der Waals surface area contributed by atoms with Crippen molar-refractivity contribution in [1.82, 2.24) is 0 Å². The fourth-order valence-corrected chi connectivity index (χ4v) is 6.02. The van der Waals surface area contributed by atoms with Crippen LogP contribution in [-0.4, -0.2) is 11.6 Å². The van der Waals surface area contributed by atoms with Crippen molar-refractivity contribution in [2.75, 3.05) is 0 Å². The molecular formula is C12H12O2. The number of rotatable bonds is 0. The van der Waals surface area contributed by atoms with E-state index in [-0.39, 0.29) is 0 Å². The highest BCUT2D eigenvalue weighted by Crippen LogP contribution is 2.81. The third-order valence-corrected chi connectivity index (χ3v) is 6.15. The largest absolute Gasteiger partial charge is 0.299 e. The minimum atomic E-state index is 0.421. The highest BCUT2D eigenvalue weighted by atomic mass is 16.1. The second-order valence-electron chi connectivity index (χ2n) is 6.03. The van der Waals surface area contributed by atoms with Crippen LogP contribution in [0, 0.1) is 47.3 Å². The summed E-state index contributed by atoms with van der Waals surface area (Å²) in [7, 11) is 0. The van der Waals surface area contributed by atoms with Gasteiger partial charge in [0.05, 0.1) is 0 Å². The van der Waals surface area contributed by atoms with E-state index in [1.54, 1.807) is 0 Å². The van der Waals surface area contributed by atoms with Crippen LogP contribution >= 0.6 is 0 Å². The molecule has 9 fully saturated rings. The molecule has 0 radical (unpaired) electrons. The van der Waals surface area contributed by atoms with Gasteiger partial charge in [-0.15, -0.1) is 0 Å². The Hall–Kier alpha value is -0.660. The molecule has 9 aliphatic rings. The molecule has 0 saturated heterocycles. The first-order valence-corrected chi connectivity index (χ1v) is 5.84. The topological polar surface area (TPSA) is 34.1 Å². The summed E-state index contributed by atoms with van der Waals surface area (Å²) in [4.78, 5) is 23.5. The summed E-state index contributed by atoms with van der Waals surface area (Å²) in [5.41, 5.74) is 0. The van der Waals surface area contributed by atoms with Crippen molar-refractivity contribution in [3.8, 4) is 0 Å². The maximum atomic E-state index is 11.7. The molecule has 0 aromatic carbocycles. The molecule has 8 atom stereocenters. The van der Waals surface area contributed by atoms with Gasteiger partial charge in [0.25, 0.3) is 0 Å². The number of fused-ring (bicyclic) bond motifs is 2. The average Bonchev–Trinajstić information content (AvgIpc) is 2.08. The summed E-state index contributed by atoms with van der Waals surface area (Å²) < 4.78 is 0. The quantitative estimate of drug-likeness (QED) is 0.566. The van der Waals surface area contributed by atoms with Crippen LogP contribution in [0.25, 0.3) is 0 Å². The lowest BCUT2D eigenvalue weighted by molar-refractivity contribution is -0.317. The Kier molecular flexibility index (Phi) is 0.780. The van der Waals surface area contributed by atoms with Gasteiger partial charge in [0, 0.05) is 24.7 Å². The van der Waals surface area contributed by atoms with Gasteiger partial charge in [-0.05, 0) is 35.5 Å². The smallest absolute Gasteiger partial charge is 0.136 e. The van der Waals surface area contributed by atoms with Gasteiger partial charge in [0.2, 0.25) is 0 Å². The molecule has 0 aromatic rings. The molecule has 9 aliphatic carbocycles. The van der Waals surface area contributed by atoms with E-state index in [0.29, 0.717) is 58.9 Å². The summed E-state index contributed by atoms with van der Waals surface area (Å²) in [6, 6.07) is 0. The SMILES string of the molecule is O=C1CC2C3CC(=O)C4C2C2C1C3C42. The zero-order valence-corrected chi connectivity index (χ0v) is 7.85. The molecule has 0 heterocycles. The van der Waals surface area contributed by atoms with Crippen molar-refractivity contribution < 1.29 is 9.59 Å². The molecule has 0 aromatic heterocycles. The molecule has 0 aliphatic heterocycles. The monoisotopic (exact) mass is 188 g/mol. The van der Waals surface area contributed by atoms with Crippen molar-refractivity contribution in [2.45, 2.75) is 12.8 Å². The number of carbonyl (C=O) groups is 2. The number of hydrogen-bond donors (Lipinski definition) is 0. The Labute approximate surface area is 82.0 Å². The van der Waals surface area contributed by atoms with Gasteiger partial charge < -0.3 is 0 Å². The molecule has 8 bridgehead atoms. The van der Waals surface area contributed by atoms with Gasteiger partial charge in [-0.3, -0.25) is 9.59 Å². The summed E-state index contributed by atoms with van der Waals surface area (Å²) in [5.74, 6) is 5.88. The molecule has 8 unspecified atom stereocenters. The first-order valence-electron chi connectivity index (χ1n) is 5.84. The summed E-state index contributed by atoms with van der Waals surface area (Å²) in [6.07, 6.45) is 1.65. The fraction of sp³-hybridized carbons (Fsp3) is 0.833. The first-order chi connectivity index (χ1) is 6.79. The molecule has 2 nitrogen and oxygen atoms in total. The van der Waals surface area contributed by atoms with E-state index in [0.717, 1.165) is 12.8 Å². The van der Waals surface area contributed by atoms with Crippen LogP contribution in [0.5, 0.6) is 0 Å². The average molecular weight is 188 g/mol. The van der Waals surface area contributed by atoms with Gasteiger partial charge in [0.1, 0.15) is 11.6 Å². The minimum absolute atomic E-state index is 0.421. The Bertz CT molecular complexity index is 357. The summed E-state index contributed by atoms with van der Waals surface area (Å²) in [6.45, 7) is 0. The van der Waals surface area contributed by atoms with Crippen LogP contribution in [0.15, 0.2) is 0 Å².